The van der Waals surface area contributed by atoms with Crippen molar-refractivity contribution in [3.63, 3.8) is 0 Å². The number of aromatic amines is 1. The molecule has 1 aliphatic carbocycles. The number of ketones is 2. The molecule has 11 heteroatoms. The quantitative estimate of drug-likeness (QED) is 0.559. The molecule has 0 spiro atoms. The van der Waals surface area contributed by atoms with Gasteiger partial charge in [0.2, 0.25) is 17.4 Å². The summed E-state index contributed by atoms with van der Waals surface area (Å²) in [4.78, 5) is 36.9. The molecule has 3 aromatic heterocycles. The lowest BCUT2D eigenvalue weighted by Gasteiger charge is -2.14. The Morgan fingerprint density at radius 1 is 0.844 bits per heavy atom. The molecule has 1 aliphatic rings. The van der Waals surface area contributed by atoms with Crippen LogP contribution in [0.2, 0.25) is 0 Å². The molecule has 0 unspecified atom stereocenters. The number of nitrogens with one attached hydrogen (secondary N) is 1. The lowest BCUT2D eigenvalue weighted by Crippen LogP contribution is -2.27. The third-order valence-electron chi connectivity index (χ3n) is 3.80. The SMILES string of the molecule is CO.O=C1C(O)=C(F)C(=O)C([O-])=C1F.c1ccc(-c2ncc[nH+]c2-c2ccccn2)nc1. The first kappa shape index (κ1) is 23.9. The summed E-state index contributed by atoms with van der Waals surface area (Å²) in [6, 6.07) is 11.5. The van der Waals surface area contributed by atoms with Crippen LogP contribution in [0.3, 0.4) is 0 Å². The van der Waals surface area contributed by atoms with Gasteiger partial charge in [-0.15, -0.1) is 0 Å². The number of pyridine rings is 2. The molecule has 164 valence electrons. The van der Waals surface area contributed by atoms with Gasteiger partial charge in [-0.3, -0.25) is 14.6 Å². The minimum atomic E-state index is -1.96. The monoisotopic (exact) mass is 442 g/mol. The number of hydrogen-bond donors (Lipinski definition) is 2. The van der Waals surface area contributed by atoms with E-state index in [1.54, 1.807) is 24.8 Å². The summed E-state index contributed by atoms with van der Waals surface area (Å²) in [5, 5.41) is 25.7. The first-order valence-electron chi connectivity index (χ1n) is 8.81. The number of aliphatic hydroxyl groups excluding tert-OH is 2. The van der Waals surface area contributed by atoms with Gasteiger partial charge < -0.3 is 15.3 Å². The van der Waals surface area contributed by atoms with Crippen molar-refractivity contribution < 1.29 is 38.7 Å². The van der Waals surface area contributed by atoms with Gasteiger partial charge in [0.25, 0.3) is 11.5 Å². The third kappa shape index (κ3) is 5.21. The molecule has 0 atom stereocenters. The number of carbonyl (C=O) groups is 2. The molecule has 0 radical (unpaired) electrons. The molecular weight excluding hydrogens is 426 g/mol. The fourth-order valence-corrected chi connectivity index (χ4v) is 2.38. The molecule has 32 heavy (non-hydrogen) atoms. The van der Waals surface area contributed by atoms with Crippen LogP contribution in [-0.4, -0.2) is 43.8 Å². The fraction of sp³-hybridized carbons (Fsp3) is 0.0476. The van der Waals surface area contributed by atoms with Gasteiger partial charge in [0.1, 0.15) is 5.69 Å². The zero-order chi connectivity index (χ0) is 23.7. The predicted octanol–water partition coefficient (Wildman–Crippen LogP) is 1.05. The summed E-state index contributed by atoms with van der Waals surface area (Å²) in [6.07, 6.45) is 7.03. The van der Waals surface area contributed by atoms with Gasteiger partial charge in [-0.05, 0) is 30.0 Å². The average molecular weight is 442 g/mol. The number of Topliss-reactive ketones (excluding diaryl/α,β-unsaturated/α-hetero) is 2. The Morgan fingerprint density at radius 2 is 1.44 bits per heavy atom. The van der Waals surface area contributed by atoms with Gasteiger partial charge >= 0.3 is 0 Å². The van der Waals surface area contributed by atoms with Crippen molar-refractivity contribution >= 4 is 11.6 Å². The Labute approximate surface area is 180 Å². The summed E-state index contributed by atoms with van der Waals surface area (Å²) in [5.74, 6) is -11.0. The molecule has 0 saturated heterocycles. The molecule has 4 rings (SSSR count). The van der Waals surface area contributed by atoms with Crippen molar-refractivity contribution in [3.8, 4) is 22.8 Å². The van der Waals surface area contributed by atoms with Gasteiger partial charge in [-0.2, -0.15) is 4.39 Å². The number of nitrogens with zero attached hydrogens (tertiary/aromatic N) is 3. The molecule has 0 aliphatic heterocycles. The standard InChI is InChI=1S/C14H10N4.C6H2F2O4.CH4O/c1-3-7-15-11(5-1)13-14(18-10-9-17-13)12-6-2-4-8-16-12;7-1-3(9)5(11)2(8)6(12)4(1)10;1-2/h1-10H;9,12H;2H,1H3. The lowest BCUT2D eigenvalue weighted by molar-refractivity contribution is -0.365. The predicted molar refractivity (Wildman–Crippen MR) is 104 cm³/mol. The molecule has 0 amide bonds. The zero-order valence-electron chi connectivity index (χ0n) is 16.5. The second-order valence-electron chi connectivity index (χ2n) is 5.71. The Hall–Kier alpha value is -4.38. The number of hydrogen-bond acceptors (Lipinski definition) is 8. The number of allylic oxidation sites excluding steroid dienone is 2. The maximum absolute atomic E-state index is 12.3. The van der Waals surface area contributed by atoms with E-state index in [4.69, 9.17) is 10.2 Å². The Morgan fingerprint density at radius 3 is 2.00 bits per heavy atom. The number of carbonyl (C=O) groups excluding carboxylic acids is 2. The number of H-pyrrole nitrogens is 1. The van der Waals surface area contributed by atoms with Crippen LogP contribution in [0, 0.1) is 0 Å². The highest BCUT2D eigenvalue weighted by Gasteiger charge is 2.31. The number of aliphatic hydroxyl groups is 2. The third-order valence-corrected chi connectivity index (χ3v) is 3.80. The molecule has 3 heterocycles. The minimum absolute atomic E-state index is 0.803. The Kier molecular flexibility index (Phi) is 8.31. The van der Waals surface area contributed by atoms with Crippen LogP contribution in [0.25, 0.3) is 22.8 Å². The van der Waals surface area contributed by atoms with E-state index in [0.717, 1.165) is 29.9 Å². The van der Waals surface area contributed by atoms with Crippen LogP contribution < -0.4 is 10.1 Å². The first-order chi connectivity index (χ1) is 15.4. The zero-order valence-corrected chi connectivity index (χ0v) is 16.5. The topological polar surface area (TPSA) is 150 Å². The van der Waals surface area contributed by atoms with Crippen LogP contribution in [-0.2, 0) is 9.59 Å². The summed E-state index contributed by atoms with van der Waals surface area (Å²) in [6.45, 7) is 0. The van der Waals surface area contributed by atoms with Gasteiger partial charge in [-0.1, -0.05) is 12.1 Å². The molecule has 3 aromatic rings. The van der Waals surface area contributed by atoms with Crippen molar-refractivity contribution in [3.05, 3.63) is 84.4 Å². The lowest BCUT2D eigenvalue weighted by atomic mass is 10.1. The van der Waals surface area contributed by atoms with E-state index in [1.165, 1.54) is 0 Å². The summed E-state index contributed by atoms with van der Waals surface area (Å²) < 4.78 is 24.6. The summed E-state index contributed by atoms with van der Waals surface area (Å²) >= 11 is 0. The molecular formula is C21H16F2N4O5. The van der Waals surface area contributed by atoms with E-state index < -0.39 is 34.7 Å². The van der Waals surface area contributed by atoms with E-state index in [0.29, 0.717) is 0 Å². The van der Waals surface area contributed by atoms with E-state index in [9.17, 15) is 23.5 Å². The highest BCUT2D eigenvalue weighted by molar-refractivity contribution is 6.21. The largest absolute Gasteiger partial charge is 0.868 e. The fourth-order valence-electron chi connectivity index (χ4n) is 2.38. The molecule has 0 aromatic carbocycles. The minimum Gasteiger partial charge on any atom is -0.868 e. The molecule has 0 saturated carbocycles. The summed E-state index contributed by atoms with van der Waals surface area (Å²) in [7, 11) is 1.00. The Bertz CT molecular complexity index is 1050. The van der Waals surface area contributed by atoms with Crippen molar-refractivity contribution in [1.29, 1.82) is 0 Å². The van der Waals surface area contributed by atoms with Crippen LogP contribution in [0.4, 0.5) is 8.78 Å². The number of halogens is 2. The molecule has 0 bridgehead atoms. The second kappa shape index (κ2) is 11.1. The number of rotatable bonds is 2. The maximum atomic E-state index is 12.3. The van der Waals surface area contributed by atoms with E-state index >= 15 is 0 Å². The van der Waals surface area contributed by atoms with E-state index in [-0.39, 0.29) is 0 Å². The van der Waals surface area contributed by atoms with Crippen molar-refractivity contribution in [1.82, 2.24) is 15.0 Å². The van der Waals surface area contributed by atoms with Gasteiger partial charge in [0.15, 0.2) is 17.7 Å². The van der Waals surface area contributed by atoms with Crippen LogP contribution in [0.5, 0.6) is 0 Å². The maximum Gasteiger partial charge on any atom is 0.258 e. The van der Waals surface area contributed by atoms with E-state index in [2.05, 4.69) is 19.9 Å². The molecule has 9 nitrogen and oxygen atoms in total. The van der Waals surface area contributed by atoms with Gasteiger partial charge in [0.05, 0.1) is 11.9 Å². The van der Waals surface area contributed by atoms with Crippen molar-refractivity contribution in [2.75, 3.05) is 7.11 Å². The van der Waals surface area contributed by atoms with Crippen molar-refractivity contribution in [2.24, 2.45) is 0 Å². The molecule has 3 N–H and O–H groups in total. The highest BCUT2D eigenvalue weighted by atomic mass is 19.1. The van der Waals surface area contributed by atoms with Gasteiger partial charge in [0, 0.05) is 19.5 Å². The average Bonchev–Trinajstić information content (AvgIpc) is 2.88. The van der Waals surface area contributed by atoms with E-state index in [1.807, 2.05) is 36.4 Å². The second-order valence-corrected chi connectivity index (χ2v) is 5.71. The number of aromatic nitrogens is 4. The van der Waals surface area contributed by atoms with Crippen LogP contribution in [0.15, 0.2) is 84.4 Å². The smallest absolute Gasteiger partial charge is 0.258 e. The van der Waals surface area contributed by atoms with Crippen LogP contribution >= 0.6 is 0 Å². The Balaban J connectivity index is 0.000000227. The summed E-state index contributed by atoms with van der Waals surface area (Å²) in [5.41, 5.74) is 3.36. The highest BCUT2D eigenvalue weighted by Crippen LogP contribution is 2.23. The van der Waals surface area contributed by atoms with Crippen LogP contribution in [0.1, 0.15) is 0 Å². The first-order valence-corrected chi connectivity index (χ1v) is 8.81. The van der Waals surface area contributed by atoms with Crippen molar-refractivity contribution in [2.45, 2.75) is 0 Å². The van der Waals surface area contributed by atoms with Gasteiger partial charge in [-0.25, -0.2) is 19.3 Å². The molecule has 0 fully saturated rings. The normalized spacial score (nSPS) is 13.1.